The van der Waals surface area contributed by atoms with Crippen molar-refractivity contribution in [2.45, 2.75) is 11.4 Å². The molecule has 2 aromatic carbocycles. The summed E-state index contributed by atoms with van der Waals surface area (Å²) in [6.45, 7) is 0.234. The van der Waals surface area contributed by atoms with Crippen LogP contribution in [0, 0.1) is 0 Å². The molecule has 0 spiro atoms. The van der Waals surface area contributed by atoms with Crippen LogP contribution in [-0.4, -0.2) is 24.5 Å². The topological polar surface area (TPSA) is 115 Å². The van der Waals surface area contributed by atoms with Crippen LogP contribution in [0.5, 0.6) is 0 Å². The molecule has 0 radical (unpaired) electrons. The van der Waals surface area contributed by atoms with Gasteiger partial charge in [-0.25, -0.2) is 13.6 Å². The molecule has 8 heteroatoms. The van der Waals surface area contributed by atoms with Crippen LogP contribution in [-0.2, 0) is 16.6 Å². The first-order valence-corrected chi connectivity index (χ1v) is 8.60. The number of fused-ring (bicyclic) bond motifs is 1. The van der Waals surface area contributed by atoms with Crippen LogP contribution in [0.3, 0.4) is 0 Å². The Bertz CT molecular complexity index is 1000. The Hall–Kier alpha value is -2.84. The van der Waals surface area contributed by atoms with Gasteiger partial charge < -0.3 is 5.32 Å². The number of hydrogen-bond acceptors (Lipinski definition) is 5. The summed E-state index contributed by atoms with van der Waals surface area (Å²) in [4.78, 5) is 12.2. The summed E-state index contributed by atoms with van der Waals surface area (Å²) in [5.74, 6) is -0.358. The molecule has 0 saturated carbocycles. The molecule has 0 saturated heterocycles. The molecule has 0 unspecified atom stereocenters. The van der Waals surface area contributed by atoms with Gasteiger partial charge in [0.05, 0.1) is 10.4 Å². The molecule has 0 aliphatic rings. The Balaban J connectivity index is 1.70. The first-order chi connectivity index (χ1) is 11.4. The highest BCUT2D eigenvalue weighted by Gasteiger charge is 2.10. The highest BCUT2D eigenvalue weighted by molar-refractivity contribution is 7.89. The summed E-state index contributed by atoms with van der Waals surface area (Å²) in [6.07, 6.45) is 0. The summed E-state index contributed by atoms with van der Waals surface area (Å²) in [5.41, 5.74) is 1.67. The SMILES string of the molecule is NS(=O)(=O)c1ccc(CNC(=O)c2cc3ccccc3nn2)cc1. The van der Waals surface area contributed by atoms with Crippen molar-refractivity contribution in [3.05, 3.63) is 65.9 Å². The summed E-state index contributed by atoms with van der Waals surface area (Å²) < 4.78 is 22.4. The number of benzene rings is 2. The predicted molar refractivity (Wildman–Crippen MR) is 88.5 cm³/mol. The van der Waals surface area contributed by atoms with Crippen LogP contribution in [0.1, 0.15) is 16.1 Å². The minimum absolute atomic E-state index is 0.0259. The molecule has 1 aromatic heterocycles. The zero-order valence-corrected chi connectivity index (χ0v) is 13.3. The fraction of sp³-hybridized carbons (Fsp3) is 0.0625. The van der Waals surface area contributed by atoms with Crippen molar-refractivity contribution in [2.75, 3.05) is 0 Å². The lowest BCUT2D eigenvalue weighted by atomic mass is 10.2. The van der Waals surface area contributed by atoms with E-state index >= 15 is 0 Å². The third-order valence-electron chi connectivity index (χ3n) is 3.43. The van der Waals surface area contributed by atoms with E-state index in [-0.39, 0.29) is 23.0 Å². The van der Waals surface area contributed by atoms with Gasteiger partial charge in [0.1, 0.15) is 0 Å². The molecule has 24 heavy (non-hydrogen) atoms. The predicted octanol–water partition coefficient (Wildman–Crippen LogP) is 1.21. The van der Waals surface area contributed by atoms with Gasteiger partial charge in [-0.1, -0.05) is 30.3 Å². The van der Waals surface area contributed by atoms with Gasteiger partial charge in [-0.3, -0.25) is 4.79 Å². The van der Waals surface area contributed by atoms with Gasteiger partial charge in [0.15, 0.2) is 5.69 Å². The zero-order chi connectivity index (χ0) is 17.2. The monoisotopic (exact) mass is 342 g/mol. The standard InChI is InChI=1S/C16H14N4O3S/c17-24(22,23)13-7-5-11(6-8-13)10-18-16(21)15-9-12-3-1-2-4-14(12)19-20-15/h1-9H,10H2,(H,18,21)(H2,17,22,23). The molecule has 3 N–H and O–H groups in total. The number of carbonyl (C=O) groups is 1. The summed E-state index contributed by atoms with van der Waals surface area (Å²) in [7, 11) is -3.72. The van der Waals surface area contributed by atoms with Crippen molar-refractivity contribution in [3.8, 4) is 0 Å². The number of rotatable bonds is 4. The second kappa shape index (κ2) is 6.34. The van der Waals surface area contributed by atoms with E-state index in [2.05, 4.69) is 15.5 Å². The van der Waals surface area contributed by atoms with Crippen LogP contribution >= 0.6 is 0 Å². The van der Waals surface area contributed by atoms with E-state index in [1.807, 2.05) is 24.3 Å². The molecule has 3 rings (SSSR count). The van der Waals surface area contributed by atoms with Gasteiger partial charge in [-0.2, -0.15) is 0 Å². The maximum atomic E-state index is 12.2. The molecule has 0 aliphatic carbocycles. The van der Waals surface area contributed by atoms with Gasteiger partial charge in [0.2, 0.25) is 10.0 Å². The maximum absolute atomic E-state index is 12.2. The fourth-order valence-corrected chi connectivity index (χ4v) is 2.68. The van der Waals surface area contributed by atoms with E-state index in [1.165, 1.54) is 12.1 Å². The van der Waals surface area contributed by atoms with Crippen molar-refractivity contribution >= 4 is 26.8 Å². The van der Waals surface area contributed by atoms with Crippen molar-refractivity contribution in [2.24, 2.45) is 5.14 Å². The smallest absolute Gasteiger partial charge is 0.272 e. The van der Waals surface area contributed by atoms with Gasteiger partial charge in [-0.05, 0) is 29.8 Å². The maximum Gasteiger partial charge on any atom is 0.272 e. The first-order valence-electron chi connectivity index (χ1n) is 7.06. The van der Waals surface area contributed by atoms with Crippen molar-refractivity contribution in [3.63, 3.8) is 0 Å². The zero-order valence-electron chi connectivity index (χ0n) is 12.5. The quantitative estimate of drug-likeness (QED) is 0.739. The van der Waals surface area contributed by atoms with E-state index in [4.69, 9.17) is 5.14 Å². The minimum Gasteiger partial charge on any atom is -0.347 e. The highest BCUT2D eigenvalue weighted by atomic mass is 32.2. The number of aromatic nitrogens is 2. The molecule has 0 aliphatic heterocycles. The summed E-state index contributed by atoms with van der Waals surface area (Å²) in [5, 5.41) is 16.5. The molecular weight excluding hydrogens is 328 g/mol. The van der Waals surface area contributed by atoms with Crippen LogP contribution in [0.2, 0.25) is 0 Å². The first kappa shape index (κ1) is 16.0. The van der Waals surface area contributed by atoms with Gasteiger partial charge in [0, 0.05) is 11.9 Å². The summed E-state index contributed by atoms with van der Waals surface area (Å²) in [6, 6.07) is 15.0. The number of nitrogens with zero attached hydrogens (tertiary/aromatic N) is 2. The number of carbonyl (C=O) groups excluding carboxylic acids is 1. The molecule has 1 amide bonds. The van der Waals surface area contributed by atoms with Crippen molar-refractivity contribution in [1.82, 2.24) is 15.5 Å². The van der Waals surface area contributed by atoms with E-state index < -0.39 is 10.0 Å². The molecule has 0 atom stereocenters. The summed E-state index contributed by atoms with van der Waals surface area (Å²) >= 11 is 0. The lowest BCUT2D eigenvalue weighted by molar-refractivity contribution is 0.0945. The number of primary sulfonamides is 1. The van der Waals surface area contributed by atoms with Crippen LogP contribution in [0.4, 0.5) is 0 Å². The normalized spacial score (nSPS) is 11.4. The number of sulfonamides is 1. The van der Waals surface area contributed by atoms with E-state index in [0.29, 0.717) is 5.52 Å². The Morgan fingerprint density at radius 1 is 1.04 bits per heavy atom. The molecule has 0 fully saturated rings. The number of hydrogen-bond donors (Lipinski definition) is 2. The van der Waals surface area contributed by atoms with Gasteiger partial charge in [-0.15, -0.1) is 10.2 Å². The number of nitrogens with two attached hydrogens (primary N) is 1. The third-order valence-corrected chi connectivity index (χ3v) is 4.36. The Morgan fingerprint density at radius 3 is 2.46 bits per heavy atom. The van der Waals surface area contributed by atoms with E-state index in [0.717, 1.165) is 10.9 Å². The molecule has 0 bridgehead atoms. The molecule has 7 nitrogen and oxygen atoms in total. The second-order valence-corrected chi connectivity index (χ2v) is 6.72. The average Bonchev–Trinajstić information content (AvgIpc) is 2.59. The second-order valence-electron chi connectivity index (χ2n) is 5.16. The van der Waals surface area contributed by atoms with Crippen LogP contribution in [0.15, 0.2) is 59.5 Å². The lowest BCUT2D eigenvalue weighted by Crippen LogP contribution is -2.24. The average molecular weight is 342 g/mol. The third kappa shape index (κ3) is 3.55. The largest absolute Gasteiger partial charge is 0.347 e. The van der Waals surface area contributed by atoms with Crippen LogP contribution in [0.25, 0.3) is 10.9 Å². The fourth-order valence-electron chi connectivity index (χ4n) is 2.17. The lowest BCUT2D eigenvalue weighted by Gasteiger charge is -2.06. The number of nitrogens with one attached hydrogen (secondary N) is 1. The van der Waals surface area contributed by atoms with Crippen molar-refractivity contribution in [1.29, 1.82) is 0 Å². The van der Waals surface area contributed by atoms with Gasteiger partial charge in [0.25, 0.3) is 5.91 Å². The molecular formula is C16H14N4O3S. The molecule has 3 aromatic rings. The Labute approximate surface area is 138 Å². The highest BCUT2D eigenvalue weighted by Crippen LogP contribution is 2.11. The van der Waals surface area contributed by atoms with E-state index in [9.17, 15) is 13.2 Å². The van der Waals surface area contributed by atoms with E-state index in [1.54, 1.807) is 18.2 Å². The van der Waals surface area contributed by atoms with Crippen molar-refractivity contribution < 1.29 is 13.2 Å². The Kier molecular flexibility index (Phi) is 4.24. The molecule has 122 valence electrons. The van der Waals surface area contributed by atoms with Crippen LogP contribution < -0.4 is 10.5 Å². The Morgan fingerprint density at radius 2 is 1.75 bits per heavy atom. The molecule has 1 heterocycles. The van der Waals surface area contributed by atoms with Gasteiger partial charge >= 0.3 is 0 Å². The minimum atomic E-state index is -3.72. The number of amides is 1.